The van der Waals surface area contributed by atoms with Crippen LogP contribution < -0.4 is 10.0 Å². The Morgan fingerprint density at radius 3 is 2.95 bits per heavy atom. The lowest BCUT2D eigenvalue weighted by molar-refractivity contribution is 0.520. The van der Waals surface area contributed by atoms with Gasteiger partial charge in [-0.3, -0.25) is 0 Å². The van der Waals surface area contributed by atoms with Crippen molar-refractivity contribution < 1.29 is 8.42 Å². The standard InChI is InChI=1S/C14H19N3O2S/c15-9-12-5-1-2-6-13(12)11-20(18,19)17-14-7-3-4-8-16-10-14/h1-2,5-6,14,16-17H,3-4,7-8,10-11H2. The number of hydrogen-bond donors (Lipinski definition) is 2. The fraction of sp³-hybridized carbons (Fsp3) is 0.500. The molecule has 5 nitrogen and oxygen atoms in total. The van der Waals surface area contributed by atoms with Crippen LogP contribution in [0.15, 0.2) is 24.3 Å². The molecule has 1 aliphatic rings. The maximum atomic E-state index is 12.2. The summed E-state index contributed by atoms with van der Waals surface area (Å²) in [5.41, 5.74) is 0.959. The second-order valence-corrected chi connectivity index (χ2v) is 6.80. The Hall–Kier alpha value is -1.42. The average Bonchev–Trinajstić information content (AvgIpc) is 2.67. The molecule has 0 saturated carbocycles. The quantitative estimate of drug-likeness (QED) is 0.871. The monoisotopic (exact) mass is 293 g/mol. The van der Waals surface area contributed by atoms with Crippen LogP contribution in [0.3, 0.4) is 0 Å². The Bertz CT molecular complexity index is 585. The van der Waals surface area contributed by atoms with Crippen molar-refractivity contribution in [2.75, 3.05) is 13.1 Å². The van der Waals surface area contributed by atoms with E-state index in [9.17, 15) is 8.42 Å². The summed E-state index contributed by atoms with van der Waals surface area (Å²) in [6.45, 7) is 1.61. The second-order valence-electron chi connectivity index (χ2n) is 5.04. The number of nitriles is 1. The first-order valence-electron chi connectivity index (χ1n) is 6.79. The highest BCUT2D eigenvalue weighted by molar-refractivity contribution is 7.88. The fourth-order valence-electron chi connectivity index (χ4n) is 2.38. The minimum Gasteiger partial charge on any atom is -0.315 e. The van der Waals surface area contributed by atoms with Crippen molar-refractivity contribution in [3.63, 3.8) is 0 Å². The molecule has 6 heteroatoms. The lowest BCUT2D eigenvalue weighted by atomic mass is 10.1. The zero-order valence-corrected chi connectivity index (χ0v) is 12.1. The van der Waals surface area contributed by atoms with E-state index in [-0.39, 0.29) is 11.8 Å². The van der Waals surface area contributed by atoms with E-state index in [1.807, 2.05) is 6.07 Å². The molecule has 1 aliphatic heterocycles. The SMILES string of the molecule is N#Cc1ccccc1CS(=O)(=O)NC1CCCCNC1. The molecule has 1 aromatic carbocycles. The Balaban J connectivity index is 2.05. The second kappa shape index (κ2) is 6.84. The summed E-state index contributed by atoms with van der Waals surface area (Å²) in [4.78, 5) is 0. The summed E-state index contributed by atoms with van der Waals surface area (Å²) in [5.74, 6) is -0.146. The van der Waals surface area contributed by atoms with Crippen LogP contribution in [-0.4, -0.2) is 27.5 Å². The maximum absolute atomic E-state index is 12.2. The van der Waals surface area contributed by atoms with Crippen LogP contribution in [0, 0.1) is 11.3 Å². The van der Waals surface area contributed by atoms with Gasteiger partial charge < -0.3 is 5.32 Å². The Morgan fingerprint density at radius 1 is 1.35 bits per heavy atom. The fourth-order valence-corrected chi connectivity index (χ4v) is 3.83. The van der Waals surface area contributed by atoms with E-state index in [0.717, 1.165) is 25.8 Å². The third-order valence-corrected chi connectivity index (χ3v) is 4.76. The van der Waals surface area contributed by atoms with Gasteiger partial charge in [0, 0.05) is 12.6 Å². The van der Waals surface area contributed by atoms with Gasteiger partial charge in [-0.05, 0) is 31.0 Å². The van der Waals surface area contributed by atoms with Gasteiger partial charge in [-0.2, -0.15) is 5.26 Å². The molecule has 0 amide bonds. The average molecular weight is 293 g/mol. The number of nitrogens with one attached hydrogen (secondary N) is 2. The van der Waals surface area contributed by atoms with Crippen LogP contribution in [0.25, 0.3) is 0 Å². The Labute approximate surface area is 120 Å². The van der Waals surface area contributed by atoms with Gasteiger partial charge in [-0.25, -0.2) is 13.1 Å². The van der Waals surface area contributed by atoms with Crippen LogP contribution in [0.2, 0.25) is 0 Å². The van der Waals surface area contributed by atoms with Crippen molar-refractivity contribution in [2.45, 2.75) is 31.1 Å². The molecule has 1 heterocycles. The molecule has 1 atom stereocenters. The maximum Gasteiger partial charge on any atom is 0.216 e. The van der Waals surface area contributed by atoms with Crippen molar-refractivity contribution in [1.82, 2.24) is 10.0 Å². The van der Waals surface area contributed by atoms with E-state index < -0.39 is 10.0 Å². The summed E-state index contributed by atoms with van der Waals surface area (Å²) in [6, 6.07) is 8.77. The number of sulfonamides is 1. The van der Waals surface area contributed by atoms with Gasteiger partial charge in [0.1, 0.15) is 0 Å². The number of rotatable bonds is 4. The van der Waals surface area contributed by atoms with Gasteiger partial charge in [-0.15, -0.1) is 0 Å². The zero-order valence-electron chi connectivity index (χ0n) is 11.3. The third kappa shape index (κ3) is 4.30. The van der Waals surface area contributed by atoms with Gasteiger partial charge in [-0.1, -0.05) is 24.6 Å². The molecular formula is C14H19N3O2S. The largest absolute Gasteiger partial charge is 0.315 e. The van der Waals surface area contributed by atoms with E-state index in [2.05, 4.69) is 10.0 Å². The molecule has 0 aliphatic carbocycles. The molecule has 1 unspecified atom stereocenters. The minimum absolute atomic E-state index is 0.0586. The predicted octanol–water partition coefficient (Wildman–Crippen LogP) is 1.12. The molecule has 0 aromatic heterocycles. The van der Waals surface area contributed by atoms with E-state index in [1.54, 1.807) is 24.3 Å². The number of benzene rings is 1. The smallest absolute Gasteiger partial charge is 0.216 e. The van der Waals surface area contributed by atoms with Gasteiger partial charge in [0.15, 0.2) is 0 Å². The van der Waals surface area contributed by atoms with Crippen LogP contribution in [0.5, 0.6) is 0 Å². The molecule has 0 spiro atoms. The van der Waals surface area contributed by atoms with Gasteiger partial charge in [0.25, 0.3) is 0 Å². The summed E-state index contributed by atoms with van der Waals surface area (Å²) in [6.07, 6.45) is 2.95. The first-order valence-corrected chi connectivity index (χ1v) is 8.45. The Kier molecular flexibility index (Phi) is 5.12. The van der Waals surface area contributed by atoms with Crippen molar-refractivity contribution in [1.29, 1.82) is 5.26 Å². The Morgan fingerprint density at radius 2 is 2.15 bits per heavy atom. The van der Waals surface area contributed by atoms with Gasteiger partial charge in [0.2, 0.25) is 10.0 Å². The third-order valence-electron chi connectivity index (χ3n) is 3.38. The van der Waals surface area contributed by atoms with Crippen LogP contribution in [0.1, 0.15) is 30.4 Å². The minimum atomic E-state index is -3.42. The molecule has 1 fully saturated rings. The molecule has 1 saturated heterocycles. The summed E-state index contributed by atoms with van der Waals surface area (Å²) in [5, 5.41) is 12.2. The predicted molar refractivity (Wildman–Crippen MR) is 77.4 cm³/mol. The van der Waals surface area contributed by atoms with E-state index in [0.29, 0.717) is 17.7 Å². The van der Waals surface area contributed by atoms with E-state index >= 15 is 0 Å². The molecule has 0 radical (unpaired) electrons. The molecular weight excluding hydrogens is 274 g/mol. The van der Waals surface area contributed by atoms with Crippen molar-refractivity contribution >= 4 is 10.0 Å². The normalized spacial score (nSPS) is 20.1. The number of hydrogen-bond acceptors (Lipinski definition) is 4. The summed E-state index contributed by atoms with van der Waals surface area (Å²) >= 11 is 0. The summed E-state index contributed by atoms with van der Waals surface area (Å²) in [7, 11) is -3.42. The molecule has 1 aromatic rings. The van der Waals surface area contributed by atoms with Gasteiger partial charge >= 0.3 is 0 Å². The summed E-state index contributed by atoms with van der Waals surface area (Å²) < 4.78 is 27.1. The first kappa shape index (κ1) is 15.0. The molecule has 2 N–H and O–H groups in total. The first-order chi connectivity index (χ1) is 9.61. The molecule has 108 valence electrons. The molecule has 20 heavy (non-hydrogen) atoms. The lowest BCUT2D eigenvalue weighted by Crippen LogP contribution is -2.41. The van der Waals surface area contributed by atoms with Crippen LogP contribution >= 0.6 is 0 Å². The van der Waals surface area contributed by atoms with E-state index in [4.69, 9.17) is 5.26 Å². The number of nitrogens with zero attached hydrogens (tertiary/aromatic N) is 1. The topological polar surface area (TPSA) is 82.0 Å². The van der Waals surface area contributed by atoms with Crippen molar-refractivity contribution in [3.05, 3.63) is 35.4 Å². The highest BCUT2D eigenvalue weighted by Gasteiger charge is 2.20. The molecule has 0 bridgehead atoms. The van der Waals surface area contributed by atoms with E-state index in [1.165, 1.54) is 0 Å². The highest BCUT2D eigenvalue weighted by Crippen LogP contribution is 2.12. The van der Waals surface area contributed by atoms with Crippen LogP contribution in [-0.2, 0) is 15.8 Å². The highest BCUT2D eigenvalue weighted by atomic mass is 32.2. The zero-order chi connectivity index (χ0) is 14.4. The lowest BCUT2D eigenvalue weighted by Gasteiger charge is -2.16. The van der Waals surface area contributed by atoms with Crippen molar-refractivity contribution in [2.24, 2.45) is 0 Å². The van der Waals surface area contributed by atoms with Gasteiger partial charge in [0.05, 0.1) is 17.4 Å². The van der Waals surface area contributed by atoms with Crippen LogP contribution in [0.4, 0.5) is 0 Å². The van der Waals surface area contributed by atoms with Crippen molar-refractivity contribution in [3.8, 4) is 6.07 Å². The molecule has 2 rings (SSSR count).